The van der Waals surface area contributed by atoms with Crippen molar-refractivity contribution in [1.29, 1.82) is 0 Å². The number of halogens is 2. The van der Waals surface area contributed by atoms with Gasteiger partial charge in [-0.05, 0) is 46.3 Å². The van der Waals surface area contributed by atoms with Crippen LogP contribution in [0.25, 0.3) is 28.7 Å². The van der Waals surface area contributed by atoms with Gasteiger partial charge in [0.2, 0.25) is 11.6 Å². The van der Waals surface area contributed by atoms with Crippen molar-refractivity contribution in [2.75, 3.05) is 12.9 Å². The fourth-order valence-corrected chi connectivity index (χ4v) is 4.47. The van der Waals surface area contributed by atoms with Gasteiger partial charge in [-0.15, -0.1) is 0 Å². The van der Waals surface area contributed by atoms with Gasteiger partial charge in [0.1, 0.15) is 18.0 Å². The van der Waals surface area contributed by atoms with Gasteiger partial charge in [-0.25, -0.2) is 13.1 Å². The van der Waals surface area contributed by atoms with E-state index >= 15 is 0 Å². The third-order valence-corrected chi connectivity index (χ3v) is 6.64. The molecule has 4 rings (SSSR count). The number of carbonyl (C=O) groups excluding carboxylic acids is 1. The average molecular weight is 538 g/mol. The van der Waals surface area contributed by atoms with Crippen LogP contribution in [0.3, 0.4) is 0 Å². The van der Waals surface area contributed by atoms with E-state index < -0.39 is 22.2 Å². The zero-order valence-corrected chi connectivity index (χ0v) is 19.5. The van der Waals surface area contributed by atoms with Gasteiger partial charge in [0.15, 0.2) is 9.84 Å². The largest absolute Gasteiger partial charge is 0.388 e. The van der Waals surface area contributed by atoms with Crippen LogP contribution < -0.4 is 0 Å². The lowest BCUT2D eigenvalue weighted by Crippen LogP contribution is -2.07. The Morgan fingerprint density at radius 1 is 1.22 bits per heavy atom. The van der Waals surface area contributed by atoms with Crippen LogP contribution in [0.4, 0.5) is 0 Å². The summed E-state index contributed by atoms with van der Waals surface area (Å²) in [6.45, 7) is -0.743. The summed E-state index contributed by atoms with van der Waals surface area (Å²) in [5.74, 6) is -0.478. The Morgan fingerprint density at radius 3 is 2.66 bits per heavy atom. The standard InChI is InChI=1S/C20H14BrClN4O5S/c1-32(29,30)12-6-4-5-11(9-12)20-23-19(25-31-20)18-16(21)17(15(28)10-27)24-26(18)14-8-3-2-7-13(14)22/h2-9,27H,10H2,1H3. The predicted octanol–water partition coefficient (Wildman–Crippen LogP) is 3.58. The number of nitrogens with zero attached hydrogens (tertiary/aromatic N) is 4. The molecule has 0 fully saturated rings. The van der Waals surface area contributed by atoms with Crippen molar-refractivity contribution >= 4 is 43.2 Å². The smallest absolute Gasteiger partial charge is 0.258 e. The van der Waals surface area contributed by atoms with Crippen LogP contribution in [-0.4, -0.2) is 52.1 Å². The maximum absolute atomic E-state index is 12.2. The number of Topliss-reactive ketones (excluding diaryl/α,β-unsaturated/α-hetero) is 1. The second kappa shape index (κ2) is 8.58. The molecule has 0 unspecified atom stereocenters. The number of benzene rings is 2. The summed E-state index contributed by atoms with van der Waals surface area (Å²) in [4.78, 5) is 16.7. The molecule has 0 saturated heterocycles. The number of rotatable bonds is 6. The normalized spacial score (nSPS) is 11.6. The zero-order chi connectivity index (χ0) is 23.0. The Hall–Kier alpha value is -2.86. The van der Waals surface area contributed by atoms with Crippen molar-refractivity contribution in [1.82, 2.24) is 19.9 Å². The molecule has 0 radical (unpaired) electrons. The first-order valence-corrected chi connectivity index (χ1v) is 12.1. The molecule has 0 spiro atoms. The Labute approximate surface area is 195 Å². The molecule has 32 heavy (non-hydrogen) atoms. The number of aliphatic hydroxyl groups excluding tert-OH is 1. The van der Waals surface area contributed by atoms with E-state index in [9.17, 15) is 18.3 Å². The monoisotopic (exact) mass is 536 g/mol. The molecule has 0 aliphatic carbocycles. The minimum Gasteiger partial charge on any atom is -0.388 e. The van der Waals surface area contributed by atoms with E-state index in [0.717, 1.165) is 6.26 Å². The summed E-state index contributed by atoms with van der Waals surface area (Å²) >= 11 is 9.67. The lowest BCUT2D eigenvalue weighted by molar-refractivity contribution is 0.0897. The van der Waals surface area contributed by atoms with E-state index in [1.165, 1.54) is 16.8 Å². The molecule has 9 nitrogen and oxygen atoms in total. The first kappa shape index (κ1) is 22.3. The molecule has 164 valence electrons. The van der Waals surface area contributed by atoms with Gasteiger partial charge in [-0.3, -0.25) is 4.79 Å². The number of ketones is 1. The molecule has 0 amide bonds. The SMILES string of the molecule is CS(=O)(=O)c1cccc(-c2nc(-c3c(Br)c(C(=O)CO)nn3-c3ccccc3Cl)no2)c1. The maximum atomic E-state index is 12.2. The van der Waals surface area contributed by atoms with Gasteiger partial charge < -0.3 is 9.63 Å². The molecule has 12 heteroatoms. The zero-order valence-electron chi connectivity index (χ0n) is 16.4. The van der Waals surface area contributed by atoms with Crippen LogP contribution >= 0.6 is 27.5 Å². The minimum atomic E-state index is -3.43. The number of hydrogen-bond acceptors (Lipinski definition) is 8. The van der Waals surface area contributed by atoms with Gasteiger partial charge in [-0.1, -0.05) is 35.0 Å². The third kappa shape index (κ3) is 4.11. The van der Waals surface area contributed by atoms with Gasteiger partial charge in [0.25, 0.3) is 5.89 Å². The topological polar surface area (TPSA) is 128 Å². The molecule has 1 N–H and O–H groups in total. The van der Waals surface area contributed by atoms with E-state index in [-0.39, 0.29) is 32.5 Å². The minimum absolute atomic E-state index is 0.0344. The fraction of sp³-hybridized carbons (Fsp3) is 0.100. The Balaban J connectivity index is 1.88. The molecular weight excluding hydrogens is 524 g/mol. The number of para-hydroxylation sites is 1. The van der Waals surface area contributed by atoms with Crippen LogP contribution in [0.1, 0.15) is 10.5 Å². The summed E-state index contributed by atoms with van der Waals surface area (Å²) in [5, 5.41) is 17.9. The molecule has 2 aromatic carbocycles. The molecule has 0 atom stereocenters. The summed E-state index contributed by atoms with van der Waals surface area (Å²) in [7, 11) is -3.43. The van der Waals surface area contributed by atoms with Crippen LogP contribution in [0.15, 0.2) is 62.4 Å². The first-order chi connectivity index (χ1) is 15.2. The van der Waals surface area contributed by atoms with Gasteiger partial charge in [0.05, 0.1) is 20.1 Å². The second-order valence-electron chi connectivity index (χ2n) is 6.68. The fourth-order valence-electron chi connectivity index (χ4n) is 2.94. The van der Waals surface area contributed by atoms with E-state index in [1.807, 2.05) is 0 Å². The predicted molar refractivity (Wildman–Crippen MR) is 120 cm³/mol. The van der Waals surface area contributed by atoms with Crippen molar-refractivity contribution in [3.63, 3.8) is 0 Å². The highest BCUT2D eigenvalue weighted by molar-refractivity contribution is 9.10. The van der Waals surface area contributed by atoms with E-state index in [4.69, 9.17) is 16.1 Å². The molecule has 4 aromatic rings. The number of sulfone groups is 1. The quantitative estimate of drug-likeness (QED) is 0.370. The van der Waals surface area contributed by atoms with Gasteiger partial charge in [-0.2, -0.15) is 10.1 Å². The highest BCUT2D eigenvalue weighted by Crippen LogP contribution is 2.35. The number of aliphatic hydroxyl groups is 1. The first-order valence-electron chi connectivity index (χ1n) is 9.02. The van der Waals surface area contributed by atoms with Crippen LogP contribution in [0.2, 0.25) is 5.02 Å². The highest BCUT2D eigenvalue weighted by Gasteiger charge is 2.27. The molecule has 0 aliphatic rings. The molecule has 0 bridgehead atoms. The molecular formula is C20H14BrClN4O5S. The van der Waals surface area contributed by atoms with E-state index in [1.54, 1.807) is 36.4 Å². The lowest BCUT2D eigenvalue weighted by Gasteiger charge is -2.06. The van der Waals surface area contributed by atoms with Gasteiger partial charge >= 0.3 is 0 Å². The average Bonchev–Trinajstić information content (AvgIpc) is 3.37. The lowest BCUT2D eigenvalue weighted by atomic mass is 10.2. The van der Waals surface area contributed by atoms with Crippen molar-refractivity contribution in [3.8, 4) is 28.7 Å². The van der Waals surface area contributed by atoms with Crippen molar-refractivity contribution in [3.05, 3.63) is 63.7 Å². The number of hydrogen-bond donors (Lipinski definition) is 1. The van der Waals surface area contributed by atoms with E-state index in [0.29, 0.717) is 16.3 Å². The summed E-state index contributed by atoms with van der Waals surface area (Å²) in [6.07, 6.45) is 1.10. The summed E-state index contributed by atoms with van der Waals surface area (Å²) < 4.78 is 30.7. The number of aromatic nitrogens is 4. The van der Waals surface area contributed by atoms with Crippen molar-refractivity contribution < 1.29 is 22.8 Å². The van der Waals surface area contributed by atoms with Crippen LogP contribution in [0, 0.1) is 0 Å². The van der Waals surface area contributed by atoms with Crippen LogP contribution in [0.5, 0.6) is 0 Å². The highest BCUT2D eigenvalue weighted by atomic mass is 79.9. The van der Waals surface area contributed by atoms with Crippen molar-refractivity contribution in [2.45, 2.75) is 4.90 Å². The Bertz CT molecular complexity index is 1450. The Morgan fingerprint density at radius 2 is 1.97 bits per heavy atom. The molecule has 2 heterocycles. The maximum Gasteiger partial charge on any atom is 0.258 e. The molecule has 0 aliphatic heterocycles. The summed E-state index contributed by atoms with van der Waals surface area (Å²) in [6, 6.07) is 12.9. The third-order valence-electron chi connectivity index (χ3n) is 4.46. The van der Waals surface area contributed by atoms with Crippen molar-refractivity contribution in [2.24, 2.45) is 0 Å². The van der Waals surface area contributed by atoms with Crippen LogP contribution in [-0.2, 0) is 9.84 Å². The van der Waals surface area contributed by atoms with E-state index in [2.05, 4.69) is 31.2 Å². The van der Waals surface area contributed by atoms with Gasteiger partial charge in [0, 0.05) is 11.8 Å². The Kier molecular flexibility index (Phi) is 5.99. The second-order valence-corrected chi connectivity index (χ2v) is 9.89. The molecule has 2 aromatic heterocycles. The summed E-state index contributed by atoms with van der Waals surface area (Å²) in [5.41, 5.74) is 1.09. The molecule has 0 saturated carbocycles. The number of carbonyl (C=O) groups is 1.